The topological polar surface area (TPSA) is 102 Å². The van der Waals surface area contributed by atoms with Crippen LogP contribution in [0.2, 0.25) is 0 Å². The molecule has 2 amide bonds. The molecule has 0 saturated carbocycles. The van der Waals surface area contributed by atoms with Crippen molar-refractivity contribution in [2.24, 2.45) is 5.41 Å². The highest BCUT2D eigenvalue weighted by molar-refractivity contribution is 6.10. The lowest BCUT2D eigenvalue weighted by Gasteiger charge is -2.38. The molecule has 2 heterocycles. The maximum atomic E-state index is 13.0. The predicted molar refractivity (Wildman–Crippen MR) is 104 cm³/mol. The number of nitrogens with zero attached hydrogens (tertiary/aromatic N) is 5. The Morgan fingerprint density at radius 2 is 1.71 bits per heavy atom. The quantitative estimate of drug-likeness (QED) is 0.812. The molecule has 0 atom stereocenters. The van der Waals surface area contributed by atoms with Crippen LogP contribution in [-0.4, -0.2) is 52.9 Å². The molecule has 3 rings (SSSR count). The van der Waals surface area contributed by atoms with Crippen LogP contribution in [-0.2, 0) is 9.59 Å². The van der Waals surface area contributed by atoms with E-state index >= 15 is 0 Å². The number of nitrogens with one attached hydrogen (secondary N) is 1. The SMILES string of the molecule is CC(C)(C(=O)Nc1ccccc1C#N)C(=O)N1CCN(c2ncccn2)CC1. The second-order valence-electron chi connectivity index (χ2n) is 7.06. The Morgan fingerprint density at radius 3 is 2.36 bits per heavy atom. The molecule has 0 bridgehead atoms. The third-order valence-electron chi connectivity index (χ3n) is 4.80. The average molecular weight is 378 g/mol. The third kappa shape index (κ3) is 3.93. The molecule has 0 spiro atoms. The number of anilines is 2. The lowest BCUT2D eigenvalue weighted by atomic mass is 9.89. The van der Waals surface area contributed by atoms with E-state index in [-0.39, 0.29) is 5.91 Å². The second kappa shape index (κ2) is 8.05. The number of benzene rings is 1. The van der Waals surface area contributed by atoms with Gasteiger partial charge in [0.05, 0.1) is 11.3 Å². The van der Waals surface area contributed by atoms with Gasteiger partial charge in [0.25, 0.3) is 0 Å². The molecular weight excluding hydrogens is 356 g/mol. The van der Waals surface area contributed by atoms with Gasteiger partial charge in [-0.25, -0.2) is 9.97 Å². The molecule has 1 N–H and O–H groups in total. The van der Waals surface area contributed by atoms with Crippen LogP contribution in [0.1, 0.15) is 19.4 Å². The minimum Gasteiger partial charge on any atom is -0.338 e. The highest BCUT2D eigenvalue weighted by Gasteiger charge is 2.40. The molecule has 1 saturated heterocycles. The Morgan fingerprint density at radius 1 is 1.07 bits per heavy atom. The number of aromatic nitrogens is 2. The van der Waals surface area contributed by atoms with Crippen LogP contribution in [0.15, 0.2) is 42.7 Å². The molecular formula is C20H22N6O2. The first-order valence-electron chi connectivity index (χ1n) is 9.05. The van der Waals surface area contributed by atoms with Gasteiger partial charge in [-0.05, 0) is 32.0 Å². The molecule has 0 aliphatic carbocycles. The van der Waals surface area contributed by atoms with Gasteiger partial charge in [-0.2, -0.15) is 5.26 Å². The van der Waals surface area contributed by atoms with Crippen LogP contribution in [0.5, 0.6) is 0 Å². The Balaban J connectivity index is 1.64. The van der Waals surface area contributed by atoms with Crippen LogP contribution in [0.4, 0.5) is 11.6 Å². The zero-order valence-corrected chi connectivity index (χ0v) is 15.9. The Kier molecular flexibility index (Phi) is 5.54. The predicted octanol–water partition coefficient (Wildman–Crippen LogP) is 1.66. The maximum Gasteiger partial charge on any atom is 0.239 e. The van der Waals surface area contributed by atoms with E-state index in [0.29, 0.717) is 43.4 Å². The highest BCUT2D eigenvalue weighted by Crippen LogP contribution is 2.24. The van der Waals surface area contributed by atoms with E-state index in [1.54, 1.807) is 61.5 Å². The van der Waals surface area contributed by atoms with E-state index in [1.165, 1.54) is 0 Å². The van der Waals surface area contributed by atoms with Crippen LogP contribution >= 0.6 is 0 Å². The van der Waals surface area contributed by atoms with E-state index in [1.807, 2.05) is 11.0 Å². The number of para-hydroxylation sites is 1. The summed E-state index contributed by atoms with van der Waals surface area (Å²) in [4.78, 5) is 37.9. The van der Waals surface area contributed by atoms with Crippen molar-refractivity contribution >= 4 is 23.5 Å². The average Bonchev–Trinajstić information content (AvgIpc) is 2.74. The van der Waals surface area contributed by atoms with Gasteiger partial charge in [0.2, 0.25) is 17.8 Å². The zero-order chi connectivity index (χ0) is 20.1. The largest absolute Gasteiger partial charge is 0.338 e. The highest BCUT2D eigenvalue weighted by atomic mass is 16.2. The summed E-state index contributed by atoms with van der Waals surface area (Å²) in [6.45, 7) is 5.39. The molecule has 8 nitrogen and oxygen atoms in total. The molecule has 0 radical (unpaired) electrons. The molecule has 1 aliphatic heterocycles. The van der Waals surface area contributed by atoms with Crippen molar-refractivity contribution in [3.8, 4) is 6.07 Å². The second-order valence-corrected chi connectivity index (χ2v) is 7.06. The number of piperazine rings is 1. The number of amides is 2. The van der Waals surface area contributed by atoms with Crippen LogP contribution in [0, 0.1) is 16.7 Å². The van der Waals surface area contributed by atoms with Gasteiger partial charge in [-0.15, -0.1) is 0 Å². The van der Waals surface area contributed by atoms with Crippen LogP contribution < -0.4 is 10.2 Å². The van der Waals surface area contributed by atoms with Crippen molar-refractivity contribution in [2.45, 2.75) is 13.8 Å². The van der Waals surface area contributed by atoms with Crippen molar-refractivity contribution in [2.75, 3.05) is 36.4 Å². The number of carbonyl (C=O) groups is 2. The van der Waals surface area contributed by atoms with Gasteiger partial charge in [0.1, 0.15) is 11.5 Å². The summed E-state index contributed by atoms with van der Waals surface area (Å²) in [5.74, 6) is -0.0400. The number of nitriles is 1. The smallest absolute Gasteiger partial charge is 0.239 e. The molecule has 1 aliphatic rings. The van der Waals surface area contributed by atoms with E-state index in [4.69, 9.17) is 0 Å². The van der Waals surface area contributed by atoms with Gasteiger partial charge in [-0.3, -0.25) is 9.59 Å². The summed E-state index contributed by atoms with van der Waals surface area (Å²) < 4.78 is 0. The summed E-state index contributed by atoms with van der Waals surface area (Å²) >= 11 is 0. The van der Waals surface area contributed by atoms with Gasteiger partial charge in [0, 0.05) is 38.6 Å². The zero-order valence-electron chi connectivity index (χ0n) is 15.9. The first kappa shape index (κ1) is 19.3. The molecule has 28 heavy (non-hydrogen) atoms. The molecule has 8 heteroatoms. The Bertz CT molecular complexity index is 898. The lowest BCUT2D eigenvalue weighted by Crippen LogP contribution is -2.54. The molecule has 1 fully saturated rings. The molecule has 2 aromatic rings. The van der Waals surface area contributed by atoms with E-state index in [2.05, 4.69) is 15.3 Å². The van der Waals surface area contributed by atoms with Gasteiger partial charge >= 0.3 is 0 Å². The third-order valence-corrected chi connectivity index (χ3v) is 4.80. The van der Waals surface area contributed by atoms with Crippen molar-refractivity contribution < 1.29 is 9.59 Å². The van der Waals surface area contributed by atoms with Crippen molar-refractivity contribution in [3.05, 3.63) is 48.3 Å². The summed E-state index contributed by atoms with van der Waals surface area (Å²) in [5.41, 5.74) is -0.494. The fraction of sp³-hybridized carbons (Fsp3) is 0.350. The standard InChI is InChI=1S/C20H22N6O2/c1-20(2,17(27)24-16-7-4-3-6-15(16)14-21)18(28)25-10-12-26(13-11-25)19-22-8-5-9-23-19/h3-9H,10-13H2,1-2H3,(H,24,27). The van der Waals surface area contributed by atoms with Crippen LogP contribution in [0.25, 0.3) is 0 Å². The van der Waals surface area contributed by atoms with Crippen molar-refractivity contribution in [3.63, 3.8) is 0 Å². The Labute approximate surface area is 163 Å². The summed E-state index contributed by atoms with van der Waals surface area (Å²) in [5, 5.41) is 11.9. The number of hydrogen-bond acceptors (Lipinski definition) is 6. The minimum absolute atomic E-state index is 0.243. The van der Waals surface area contributed by atoms with Crippen molar-refractivity contribution in [1.82, 2.24) is 14.9 Å². The van der Waals surface area contributed by atoms with E-state index in [9.17, 15) is 14.9 Å². The fourth-order valence-corrected chi connectivity index (χ4v) is 3.02. The fourth-order valence-electron chi connectivity index (χ4n) is 3.02. The summed E-state index contributed by atoms with van der Waals surface area (Å²) in [7, 11) is 0. The normalized spacial score (nSPS) is 14.3. The van der Waals surface area contributed by atoms with Gasteiger partial charge < -0.3 is 15.1 Å². The number of carbonyl (C=O) groups excluding carboxylic acids is 2. The van der Waals surface area contributed by atoms with E-state index in [0.717, 1.165) is 0 Å². The molecule has 1 aromatic heterocycles. The van der Waals surface area contributed by atoms with E-state index < -0.39 is 11.3 Å². The van der Waals surface area contributed by atoms with Gasteiger partial charge in [0.15, 0.2) is 0 Å². The van der Waals surface area contributed by atoms with Gasteiger partial charge in [-0.1, -0.05) is 12.1 Å². The monoisotopic (exact) mass is 378 g/mol. The lowest BCUT2D eigenvalue weighted by molar-refractivity contribution is -0.146. The molecule has 0 unspecified atom stereocenters. The van der Waals surface area contributed by atoms with Crippen LogP contribution in [0.3, 0.4) is 0 Å². The minimum atomic E-state index is -1.26. The first-order valence-corrected chi connectivity index (χ1v) is 9.05. The first-order chi connectivity index (χ1) is 13.4. The van der Waals surface area contributed by atoms with Crippen molar-refractivity contribution in [1.29, 1.82) is 5.26 Å². The summed E-state index contributed by atoms with van der Waals surface area (Å²) in [6, 6.07) is 10.5. The number of hydrogen-bond donors (Lipinski definition) is 1. The summed E-state index contributed by atoms with van der Waals surface area (Å²) in [6.07, 6.45) is 3.37. The maximum absolute atomic E-state index is 13.0. The Hall–Kier alpha value is -3.47. The number of rotatable bonds is 4. The molecule has 144 valence electrons. The molecule has 1 aromatic carbocycles.